The summed E-state index contributed by atoms with van der Waals surface area (Å²) in [6.45, 7) is 2.59. The number of benzene rings is 1. The van der Waals surface area contributed by atoms with Gasteiger partial charge in [-0.1, -0.05) is 0 Å². The zero-order valence-corrected chi connectivity index (χ0v) is 14.0. The maximum atomic E-state index is 12.2. The molecular formula is C17H23NO6. The molecule has 24 heavy (non-hydrogen) atoms. The van der Waals surface area contributed by atoms with Crippen molar-refractivity contribution in [2.45, 2.75) is 31.7 Å². The normalized spacial score (nSPS) is 16.2. The number of nitrogens with one attached hydrogen (secondary N) is 1. The Hall–Kier alpha value is -2.28. The van der Waals surface area contributed by atoms with Crippen LogP contribution in [0.4, 0.5) is 0 Å². The van der Waals surface area contributed by atoms with E-state index >= 15 is 0 Å². The van der Waals surface area contributed by atoms with Gasteiger partial charge in [0.1, 0.15) is 11.5 Å². The molecule has 1 aliphatic rings. The van der Waals surface area contributed by atoms with Crippen LogP contribution in [0, 0.1) is 6.92 Å². The fraction of sp³-hybridized carbons (Fsp3) is 0.529. The van der Waals surface area contributed by atoms with E-state index in [-0.39, 0.29) is 18.9 Å². The van der Waals surface area contributed by atoms with E-state index in [1.54, 1.807) is 25.3 Å². The zero-order chi connectivity index (χ0) is 17.6. The molecule has 1 heterocycles. The second kappa shape index (κ2) is 8.01. The Kier molecular flexibility index (Phi) is 6.03. The van der Waals surface area contributed by atoms with Crippen LogP contribution in [0.5, 0.6) is 11.5 Å². The van der Waals surface area contributed by atoms with E-state index in [4.69, 9.17) is 19.3 Å². The number of aliphatic carboxylic acids is 1. The molecule has 0 bridgehead atoms. The Morgan fingerprint density at radius 3 is 2.62 bits per heavy atom. The molecule has 1 aromatic rings. The quantitative estimate of drug-likeness (QED) is 0.783. The predicted molar refractivity (Wildman–Crippen MR) is 86.4 cm³/mol. The minimum absolute atomic E-state index is 0.121. The molecule has 2 N–H and O–H groups in total. The highest BCUT2D eigenvalue weighted by atomic mass is 16.5. The Bertz CT molecular complexity index is 595. The molecule has 0 saturated carbocycles. The molecular weight excluding hydrogens is 314 g/mol. The minimum atomic E-state index is -0.941. The molecule has 7 nitrogen and oxygen atoms in total. The van der Waals surface area contributed by atoms with Crippen molar-refractivity contribution in [1.29, 1.82) is 0 Å². The molecule has 1 amide bonds. The third-order valence-electron chi connectivity index (χ3n) is 4.08. The summed E-state index contributed by atoms with van der Waals surface area (Å²) in [7, 11) is 1.59. The Morgan fingerprint density at radius 2 is 2.04 bits per heavy atom. The highest BCUT2D eigenvalue weighted by Gasteiger charge is 2.36. The highest BCUT2D eigenvalue weighted by Crippen LogP contribution is 2.25. The first-order valence-electron chi connectivity index (χ1n) is 7.82. The summed E-state index contributed by atoms with van der Waals surface area (Å²) < 4.78 is 15.9. The Balaban J connectivity index is 1.93. The fourth-order valence-electron chi connectivity index (χ4n) is 2.82. The number of ether oxygens (including phenoxy) is 3. The van der Waals surface area contributed by atoms with Crippen LogP contribution in [0.1, 0.15) is 24.8 Å². The van der Waals surface area contributed by atoms with Crippen molar-refractivity contribution in [2.75, 3.05) is 26.9 Å². The van der Waals surface area contributed by atoms with Crippen molar-refractivity contribution in [3.05, 3.63) is 23.8 Å². The SMILES string of the molecule is COc1ccc(OCC(=O)NC2(CC(=O)O)CCOCC2)cc1C. The van der Waals surface area contributed by atoms with E-state index in [0.29, 0.717) is 31.8 Å². The lowest BCUT2D eigenvalue weighted by Crippen LogP contribution is -2.54. The summed E-state index contributed by atoms with van der Waals surface area (Å²) in [5.41, 5.74) is 0.141. The monoisotopic (exact) mass is 337 g/mol. The maximum absolute atomic E-state index is 12.2. The first-order valence-corrected chi connectivity index (χ1v) is 7.82. The number of hydrogen-bond donors (Lipinski definition) is 2. The summed E-state index contributed by atoms with van der Waals surface area (Å²) in [4.78, 5) is 23.3. The van der Waals surface area contributed by atoms with Gasteiger partial charge in [0.15, 0.2) is 6.61 Å². The van der Waals surface area contributed by atoms with E-state index in [2.05, 4.69) is 5.32 Å². The summed E-state index contributed by atoms with van der Waals surface area (Å²) in [6.07, 6.45) is 0.836. The molecule has 0 unspecified atom stereocenters. The van der Waals surface area contributed by atoms with Crippen molar-refractivity contribution in [3.8, 4) is 11.5 Å². The molecule has 0 aromatic heterocycles. The molecule has 1 aliphatic heterocycles. The van der Waals surface area contributed by atoms with Gasteiger partial charge < -0.3 is 24.6 Å². The first kappa shape index (κ1) is 18.1. The van der Waals surface area contributed by atoms with Gasteiger partial charge in [-0.2, -0.15) is 0 Å². The Labute approximate surface area is 140 Å². The number of carbonyl (C=O) groups excluding carboxylic acids is 1. The average molecular weight is 337 g/mol. The molecule has 1 aromatic carbocycles. The molecule has 1 saturated heterocycles. The van der Waals surface area contributed by atoms with Crippen LogP contribution in [-0.4, -0.2) is 49.5 Å². The van der Waals surface area contributed by atoms with Crippen LogP contribution in [-0.2, 0) is 14.3 Å². The van der Waals surface area contributed by atoms with Crippen LogP contribution >= 0.6 is 0 Å². The number of carboxylic acid groups (broad SMARTS) is 1. The summed E-state index contributed by atoms with van der Waals surface area (Å²) >= 11 is 0. The predicted octanol–water partition coefficient (Wildman–Crippen LogP) is 1.52. The van der Waals surface area contributed by atoms with Crippen molar-refractivity contribution in [2.24, 2.45) is 0 Å². The van der Waals surface area contributed by atoms with Crippen molar-refractivity contribution in [1.82, 2.24) is 5.32 Å². The van der Waals surface area contributed by atoms with Crippen molar-refractivity contribution in [3.63, 3.8) is 0 Å². The third kappa shape index (κ3) is 4.86. The van der Waals surface area contributed by atoms with E-state index in [9.17, 15) is 9.59 Å². The van der Waals surface area contributed by atoms with Crippen LogP contribution < -0.4 is 14.8 Å². The number of carboxylic acids is 1. The number of aryl methyl sites for hydroxylation is 1. The van der Waals surface area contributed by atoms with Gasteiger partial charge in [-0.15, -0.1) is 0 Å². The molecule has 0 radical (unpaired) electrons. The highest BCUT2D eigenvalue weighted by molar-refractivity contribution is 5.79. The van der Waals surface area contributed by atoms with E-state index < -0.39 is 11.5 Å². The van der Waals surface area contributed by atoms with Gasteiger partial charge in [0.05, 0.1) is 19.1 Å². The van der Waals surface area contributed by atoms with Crippen LogP contribution in [0.15, 0.2) is 18.2 Å². The summed E-state index contributed by atoms with van der Waals surface area (Å²) in [5.74, 6) is 0.0210. The minimum Gasteiger partial charge on any atom is -0.496 e. The number of methoxy groups -OCH3 is 1. The Morgan fingerprint density at radius 1 is 1.33 bits per heavy atom. The van der Waals surface area contributed by atoms with E-state index in [1.807, 2.05) is 6.92 Å². The van der Waals surface area contributed by atoms with E-state index in [0.717, 1.165) is 11.3 Å². The number of rotatable bonds is 7. The topological polar surface area (TPSA) is 94.1 Å². The molecule has 2 rings (SSSR count). The van der Waals surface area contributed by atoms with Crippen LogP contribution in [0.3, 0.4) is 0 Å². The zero-order valence-electron chi connectivity index (χ0n) is 14.0. The van der Waals surface area contributed by atoms with E-state index in [1.165, 1.54) is 0 Å². The molecule has 1 fully saturated rings. The number of amides is 1. The number of hydrogen-bond acceptors (Lipinski definition) is 5. The second-order valence-corrected chi connectivity index (χ2v) is 5.93. The second-order valence-electron chi connectivity index (χ2n) is 5.93. The first-order chi connectivity index (χ1) is 11.4. The fourth-order valence-corrected chi connectivity index (χ4v) is 2.82. The van der Waals surface area contributed by atoms with Crippen molar-refractivity contribution < 1.29 is 28.9 Å². The molecule has 0 aliphatic carbocycles. The van der Waals surface area contributed by atoms with Gasteiger partial charge in [-0.3, -0.25) is 9.59 Å². The van der Waals surface area contributed by atoms with Gasteiger partial charge in [-0.25, -0.2) is 0 Å². The van der Waals surface area contributed by atoms with Gasteiger partial charge in [0.25, 0.3) is 5.91 Å². The molecule has 7 heteroatoms. The summed E-state index contributed by atoms with van der Waals surface area (Å²) in [6, 6.07) is 5.28. The maximum Gasteiger partial charge on any atom is 0.305 e. The number of carbonyl (C=O) groups is 2. The van der Waals surface area contributed by atoms with Gasteiger partial charge in [0.2, 0.25) is 0 Å². The smallest absolute Gasteiger partial charge is 0.305 e. The lowest BCUT2D eigenvalue weighted by atomic mass is 9.86. The molecule has 0 spiro atoms. The average Bonchev–Trinajstić information content (AvgIpc) is 2.53. The standard InChI is InChI=1S/C17H23NO6/c1-12-9-13(3-4-14(12)22-2)24-11-15(19)18-17(10-16(20)21)5-7-23-8-6-17/h3-4,9H,5-8,10-11H2,1-2H3,(H,18,19)(H,20,21). The third-order valence-corrected chi connectivity index (χ3v) is 4.08. The summed E-state index contributed by atoms with van der Waals surface area (Å²) in [5, 5.41) is 11.9. The molecule has 0 atom stereocenters. The lowest BCUT2D eigenvalue weighted by molar-refractivity contribution is -0.140. The van der Waals surface area contributed by atoms with Gasteiger partial charge in [-0.05, 0) is 43.5 Å². The lowest BCUT2D eigenvalue weighted by Gasteiger charge is -2.36. The molecule has 132 valence electrons. The van der Waals surface area contributed by atoms with Crippen LogP contribution in [0.2, 0.25) is 0 Å². The van der Waals surface area contributed by atoms with Crippen LogP contribution in [0.25, 0.3) is 0 Å². The van der Waals surface area contributed by atoms with Gasteiger partial charge >= 0.3 is 5.97 Å². The largest absolute Gasteiger partial charge is 0.496 e. The van der Waals surface area contributed by atoms with Gasteiger partial charge in [0, 0.05) is 13.2 Å². The van der Waals surface area contributed by atoms with Crippen molar-refractivity contribution >= 4 is 11.9 Å².